The Morgan fingerprint density at radius 1 is 1.19 bits per heavy atom. The van der Waals surface area contributed by atoms with Gasteiger partial charge in [-0.3, -0.25) is 10.3 Å². The van der Waals surface area contributed by atoms with Gasteiger partial charge in [-0.25, -0.2) is 4.79 Å². The number of amides is 1. The number of fused-ring (bicyclic) bond motifs is 3. The summed E-state index contributed by atoms with van der Waals surface area (Å²) < 4.78 is 4.95. The van der Waals surface area contributed by atoms with E-state index < -0.39 is 6.09 Å². The average molecular weight is 280 g/mol. The second-order valence-corrected chi connectivity index (χ2v) is 4.89. The molecule has 0 saturated carbocycles. The number of nitrogens with zero attached hydrogens (tertiary/aromatic N) is 1. The van der Waals surface area contributed by atoms with Gasteiger partial charge in [-0.1, -0.05) is 24.3 Å². The molecule has 0 unspecified atom stereocenters. The van der Waals surface area contributed by atoms with Crippen molar-refractivity contribution in [2.75, 3.05) is 11.9 Å². The minimum Gasteiger partial charge on any atom is -0.450 e. The highest BCUT2D eigenvalue weighted by Crippen LogP contribution is 2.30. The molecule has 0 radical (unpaired) electrons. The molecule has 1 amide bonds. The molecule has 0 atom stereocenters. The van der Waals surface area contributed by atoms with E-state index in [0.717, 1.165) is 32.9 Å². The molecule has 0 spiro atoms. The fourth-order valence-electron chi connectivity index (χ4n) is 2.49. The number of rotatable bonds is 2. The van der Waals surface area contributed by atoms with Crippen LogP contribution in [0, 0.1) is 6.92 Å². The minimum atomic E-state index is -0.447. The summed E-state index contributed by atoms with van der Waals surface area (Å²) >= 11 is 0. The lowest BCUT2D eigenvalue weighted by molar-refractivity contribution is 0.168. The molecule has 2 aromatic carbocycles. The quantitative estimate of drug-likeness (QED) is 0.713. The van der Waals surface area contributed by atoms with E-state index >= 15 is 0 Å². The molecule has 1 N–H and O–H groups in total. The number of aromatic nitrogens is 1. The average Bonchev–Trinajstić information content (AvgIpc) is 2.47. The van der Waals surface area contributed by atoms with Crippen molar-refractivity contribution >= 4 is 33.5 Å². The number of aryl methyl sites for hydroxylation is 1. The molecule has 0 aliphatic rings. The van der Waals surface area contributed by atoms with E-state index in [9.17, 15) is 4.79 Å². The molecule has 1 aromatic heterocycles. The number of pyridine rings is 1. The summed E-state index contributed by atoms with van der Waals surface area (Å²) in [5.41, 5.74) is 2.74. The summed E-state index contributed by atoms with van der Waals surface area (Å²) in [6.45, 7) is 4.13. The van der Waals surface area contributed by atoms with Gasteiger partial charge in [0.15, 0.2) is 0 Å². The van der Waals surface area contributed by atoms with Gasteiger partial charge in [0, 0.05) is 17.0 Å². The topological polar surface area (TPSA) is 51.2 Å². The molecule has 106 valence electrons. The Balaban J connectivity index is 2.21. The third kappa shape index (κ3) is 2.52. The van der Waals surface area contributed by atoms with Crippen LogP contribution in [-0.4, -0.2) is 17.7 Å². The minimum absolute atomic E-state index is 0.344. The highest BCUT2D eigenvalue weighted by molar-refractivity contribution is 6.11. The first-order valence-electron chi connectivity index (χ1n) is 6.91. The number of para-hydroxylation sites is 1. The van der Waals surface area contributed by atoms with E-state index in [1.54, 1.807) is 13.1 Å². The van der Waals surface area contributed by atoms with Crippen LogP contribution >= 0.6 is 0 Å². The molecule has 4 nitrogen and oxygen atoms in total. The largest absolute Gasteiger partial charge is 0.450 e. The van der Waals surface area contributed by atoms with Crippen molar-refractivity contribution in [2.24, 2.45) is 0 Å². The Morgan fingerprint density at radius 2 is 2.00 bits per heavy atom. The van der Waals surface area contributed by atoms with Gasteiger partial charge >= 0.3 is 6.09 Å². The van der Waals surface area contributed by atoms with E-state index in [2.05, 4.69) is 16.4 Å². The fraction of sp³-hybridized carbons (Fsp3) is 0.176. The standard InChI is InChI=1S/C17H16N2O2/c1-3-21-17(20)19-16-9-11(2)8-13-12-6-4-5-7-15(12)18-10-14(13)16/h4-10H,3H2,1-2H3,(H,19,20). The van der Waals surface area contributed by atoms with Gasteiger partial charge < -0.3 is 4.74 Å². The number of nitrogens with one attached hydrogen (secondary N) is 1. The zero-order valence-corrected chi connectivity index (χ0v) is 12.0. The molecule has 0 bridgehead atoms. The highest BCUT2D eigenvalue weighted by Gasteiger charge is 2.10. The summed E-state index contributed by atoms with van der Waals surface area (Å²) in [6, 6.07) is 12.0. The molecule has 0 fully saturated rings. The first kappa shape index (κ1) is 13.4. The lowest BCUT2D eigenvalue weighted by atomic mass is 10.0. The Bertz CT molecular complexity index is 827. The van der Waals surface area contributed by atoms with Crippen molar-refractivity contribution in [1.29, 1.82) is 0 Å². The molecule has 4 heteroatoms. The van der Waals surface area contributed by atoms with Crippen molar-refractivity contribution in [3.05, 3.63) is 48.2 Å². The van der Waals surface area contributed by atoms with Crippen LogP contribution < -0.4 is 5.32 Å². The Morgan fingerprint density at radius 3 is 2.81 bits per heavy atom. The molecular weight excluding hydrogens is 264 g/mol. The van der Waals surface area contributed by atoms with E-state index in [0.29, 0.717) is 6.61 Å². The number of carbonyl (C=O) groups excluding carboxylic acids is 1. The molecule has 3 rings (SSSR count). The summed E-state index contributed by atoms with van der Waals surface area (Å²) in [5.74, 6) is 0. The van der Waals surface area contributed by atoms with Crippen molar-refractivity contribution in [3.63, 3.8) is 0 Å². The Hall–Kier alpha value is -2.62. The van der Waals surface area contributed by atoms with E-state index in [4.69, 9.17) is 4.74 Å². The molecule has 21 heavy (non-hydrogen) atoms. The first-order chi connectivity index (χ1) is 10.2. The van der Waals surface area contributed by atoms with Gasteiger partial charge in [0.05, 0.1) is 17.8 Å². The van der Waals surface area contributed by atoms with Gasteiger partial charge in [-0.15, -0.1) is 0 Å². The number of hydrogen-bond donors (Lipinski definition) is 1. The Kier molecular flexibility index (Phi) is 3.44. The molecule has 0 aliphatic carbocycles. The maximum absolute atomic E-state index is 11.7. The van der Waals surface area contributed by atoms with Gasteiger partial charge in [0.2, 0.25) is 0 Å². The highest BCUT2D eigenvalue weighted by atomic mass is 16.5. The number of benzene rings is 2. The molecule has 0 aliphatic heterocycles. The van der Waals surface area contributed by atoms with Crippen LogP contribution in [0.3, 0.4) is 0 Å². The van der Waals surface area contributed by atoms with Crippen LogP contribution in [0.4, 0.5) is 10.5 Å². The normalized spacial score (nSPS) is 10.8. The third-order valence-corrected chi connectivity index (χ3v) is 3.36. The van der Waals surface area contributed by atoms with Gasteiger partial charge in [0.25, 0.3) is 0 Å². The predicted octanol–water partition coefficient (Wildman–Crippen LogP) is 4.26. The lowest BCUT2D eigenvalue weighted by Gasteiger charge is -2.11. The monoisotopic (exact) mass is 280 g/mol. The van der Waals surface area contributed by atoms with Crippen LogP contribution in [0.1, 0.15) is 12.5 Å². The molecular formula is C17H16N2O2. The first-order valence-corrected chi connectivity index (χ1v) is 6.91. The molecule has 0 saturated heterocycles. The van der Waals surface area contributed by atoms with Gasteiger partial charge in [-0.05, 0) is 36.9 Å². The van der Waals surface area contributed by atoms with Crippen LogP contribution in [0.25, 0.3) is 21.7 Å². The number of anilines is 1. The van der Waals surface area contributed by atoms with Crippen LogP contribution in [-0.2, 0) is 4.74 Å². The van der Waals surface area contributed by atoms with Gasteiger partial charge in [0.1, 0.15) is 0 Å². The van der Waals surface area contributed by atoms with Crippen LogP contribution in [0.15, 0.2) is 42.6 Å². The zero-order chi connectivity index (χ0) is 14.8. The van der Waals surface area contributed by atoms with Crippen molar-refractivity contribution in [2.45, 2.75) is 13.8 Å². The smallest absolute Gasteiger partial charge is 0.411 e. The predicted molar refractivity (Wildman–Crippen MR) is 84.6 cm³/mol. The number of carbonyl (C=O) groups is 1. The second-order valence-electron chi connectivity index (χ2n) is 4.89. The van der Waals surface area contributed by atoms with Crippen LogP contribution in [0.2, 0.25) is 0 Å². The van der Waals surface area contributed by atoms with Crippen molar-refractivity contribution in [1.82, 2.24) is 4.98 Å². The number of ether oxygens (including phenoxy) is 1. The SMILES string of the molecule is CCOC(=O)Nc1cc(C)cc2c1cnc1ccccc12. The summed E-state index contributed by atoms with van der Waals surface area (Å²) in [4.78, 5) is 16.1. The molecule has 1 heterocycles. The molecule has 3 aromatic rings. The third-order valence-electron chi connectivity index (χ3n) is 3.36. The van der Waals surface area contributed by atoms with Crippen molar-refractivity contribution in [3.8, 4) is 0 Å². The zero-order valence-electron chi connectivity index (χ0n) is 12.0. The Labute approximate surface area is 122 Å². The summed E-state index contributed by atoms with van der Waals surface area (Å²) in [5, 5.41) is 5.85. The summed E-state index contributed by atoms with van der Waals surface area (Å²) in [6.07, 6.45) is 1.34. The lowest BCUT2D eigenvalue weighted by Crippen LogP contribution is -2.13. The maximum atomic E-state index is 11.7. The van der Waals surface area contributed by atoms with E-state index in [1.165, 1.54) is 0 Å². The van der Waals surface area contributed by atoms with Crippen molar-refractivity contribution < 1.29 is 9.53 Å². The van der Waals surface area contributed by atoms with Gasteiger partial charge in [-0.2, -0.15) is 0 Å². The second kappa shape index (κ2) is 5.40. The number of hydrogen-bond acceptors (Lipinski definition) is 3. The maximum Gasteiger partial charge on any atom is 0.411 e. The summed E-state index contributed by atoms with van der Waals surface area (Å²) in [7, 11) is 0. The van der Waals surface area contributed by atoms with Crippen LogP contribution in [0.5, 0.6) is 0 Å². The fourth-order valence-corrected chi connectivity index (χ4v) is 2.49. The van der Waals surface area contributed by atoms with E-state index in [-0.39, 0.29) is 0 Å². The van der Waals surface area contributed by atoms with E-state index in [1.807, 2.05) is 37.3 Å².